The van der Waals surface area contributed by atoms with E-state index in [4.69, 9.17) is 9.15 Å². The SMILES string of the molecule is CCCOC(=O)c1ccc(N2C(=O)C(SCc3ccco3)=C(c3cccs3)C2=O)cc1. The van der Waals surface area contributed by atoms with Crippen LogP contribution in [0.5, 0.6) is 0 Å². The number of thioether (sulfide) groups is 1. The lowest BCUT2D eigenvalue weighted by molar-refractivity contribution is -0.119. The van der Waals surface area contributed by atoms with Crippen LogP contribution in [0, 0.1) is 0 Å². The molecule has 6 nitrogen and oxygen atoms in total. The van der Waals surface area contributed by atoms with Crippen LogP contribution < -0.4 is 4.90 Å². The molecule has 0 bridgehead atoms. The average molecular weight is 454 g/mol. The number of hydrogen-bond acceptors (Lipinski definition) is 7. The Morgan fingerprint density at radius 2 is 1.90 bits per heavy atom. The summed E-state index contributed by atoms with van der Waals surface area (Å²) in [5.41, 5.74) is 1.17. The van der Waals surface area contributed by atoms with Crippen molar-refractivity contribution in [1.29, 1.82) is 0 Å². The number of carbonyl (C=O) groups is 3. The van der Waals surface area contributed by atoms with Gasteiger partial charge in [-0.15, -0.1) is 23.1 Å². The number of esters is 1. The molecule has 0 saturated carbocycles. The number of rotatable bonds is 8. The maximum Gasteiger partial charge on any atom is 0.338 e. The predicted octanol–water partition coefficient (Wildman–Crippen LogP) is 5.13. The second-order valence-electron chi connectivity index (χ2n) is 6.68. The molecule has 3 heterocycles. The maximum atomic E-state index is 13.3. The number of imide groups is 1. The lowest BCUT2D eigenvalue weighted by Crippen LogP contribution is -2.31. The van der Waals surface area contributed by atoms with Gasteiger partial charge in [-0.25, -0.2) is 9.69 Å². The zero-order chi connectivity index (χ0) is 21.8. The molecule has 0 spiro atoms. The smallest absolute Gasteiger partial charge is 0.338 e. The molecule has 31 heavy (non-hydrogen) atoms. The Labute approximate surface area is 187 Å². The van der Waals surface area contributed by atoms with Crippen molar-refractivity contribution in [2.75, 3.05) is 11.5 Å². The molecular weight excluding hydrogens is 434 g/mol. The molecule has 0 radical (unpaired) electrons. The van der Waals surface area contributed by atoms with Crippen LogP contribution in [0.2, 0.25) is 0 Å². The largest absolute Gasteiger partial charge is 0.468 e. The van der Waals surface area contributed by atoms with E-state index in [1.807, 2.05) is 30.5 Å². The van der Waals surface area contributed by atoms with Gasteiger partial charge in [0, 0.05) is 4.88 Å². The van der Waals surface area contributed by atoms with Crippen molar-refractivity contribution >= 4 is 52.1 Å². The number of anilines is 1. The fourth-order valence-electron chi connectivity index (χ4n) is 3.08. The van der Waals surface area contributed by atoms with Crippen molar-refractivity contribution in [2.45, 2.75) is 19.1 Å². The third-order valence-corrected chi connectivity index (χ3v) is 6.53. The second kappa shape index (κ2) is 9.36. The number of thiophene rings is 1. The number of ether oxygens (including phenoxy) is 1. The molecule has 0 aliphatic carbocycles. The Bertz CT molecular complexity index is 1120. The zero-order valence-electron chi connectivity index (χ0n) is 16.7. The van der Waals surface area contributed by atoms with Gasteiger partial charge in [-0.1, -0.05) is 13.0 Å². The molecule has 3 aromatic rings. The van der Waals surface area contributed by atoms with Crippen molar-refractivity contribution in [3.63, 3.8) is 0 Å². The number of amides is 2. The normalized spacial score (nSPS) is 13.9. The first kappa shape index (κ1) is 21.1. The Morgan fingerprint density at radius 3 is 2.55 bits per heavy atom. The quantitative estimate of drug-likeness (QED) is 0.348. The van der Waals surface area contributed by atoms with Crippen molar-refractivity contribution in [3.05, 3.63) is 81.3 Å². The van der Waals surface area contributed by atoms with Crippen LogP contribution in [-0.2, 0) is 20.1 Å². The van der Waals surface area contributed by atoms with Crippen LogP contribution in [-0.4, -0.2) is 24.4 Å². The minimum Gasteiger partial charge on any atom is -0.468 e. The number of benzene rings is 1. The fourth-order valence-corrected chi connectivity index (χ4v) is 4.92. The molecule has 2 amide bonds. The van der Waals surface area contributed by atoms with E-state index < -0.39 is 5.97 Å². The van der Waals surface area contributed by atoms with Gasteiger partial charge in [-0.05, 0) is 54.3 Å². The van der Waals surface area contributed by atoms with E-state index in [2.05, 4.69) is 0 Å². The van der Waals surface area contributed by atoms with Crippen molar-refractivity contribution in [3.8, 4) is 0 Å². The molecule has 1 aromatic carbocycles. The fraction of sp³-hybridized carbons (Fsp3) is 0.174. The molecule has 1 aliphatic rings. The number of furan rings is 1. The Kier molecular flexibility index (Phi) is 6.39. The van der Waals surface area contributed by atoms with Gasteiger partial charge < -0.3 is 9.15 Å². The maximum absolute atomic E-state index is 13.3. The van der Waals surface area contributed by atoms with E-state index in [-0.39, 0.29) is 11.8 Å². The summed E-state index contributed by atoms with van der Waals surface area (Å²) >= 11 is 2.69. The van der Waals surface area contributed by atoms with E-state index >= 15 is 0 Å². The van der Waals surface area contributed by atoms with Crippen LogP contribution >= 0.6 is 23.1 Å². The standard InChI is InChI=1S/C23H19NO5S2/c1-2-11-29-23(27)15-7-9-16(10-8-15)24-21(25)19(18-6-4-13-30-18)20(22(24)26)31-14-17-5-3-12-28-17/h3-10,12-13H,2,11,14H2,1H3. The Hall–Kier alpha value is -3.10. The van der Waals surface area contributed by atoms with Gasteiger partial charge in [-0.3, -0.25) is 9.59 Å². The third kappa shape index (κ3) is 4.35. The summed E-state index contributed by atoms with van der Waals surface area (Å²) in [6.07, 6.45) is 2.31. The molecule has 0 unspecified atom stereocenters. The minimum atomic E-state index is -0.431. The van der Waals surface area contributed by atoms with E-state index in [0.717, 1.165) is 22.0 Å². The summed E-state index contributed by atoms with van der Waals surface area (Å²) in [4.78, 5) is 40.8. The molecule has 1 aliphatic heterocycles. The Morgan fingerprint density at radius 1 is 1.10 bits per heavy atom. The highest BCUT2D eigenvalue weighted by atomic mass is 32.2. The van der Waals surface area contributed by atoms with Gasteiger partial charge in [-0.2, -0.15) is 0 Å². The molecule has 0 saturated heterocycles. The van der Waals surface area contributed by atoms with Crippen molar-refractivity contribution in [2.24, 2.45) is 0 Å². The summed E-state index contributed by atoms with van der Waals surface area (Å²) in [6, 6.07) is 13.6. The number of nitrogens with zero attached hydrogens (tertiary/aromatic N) is 1. The second-order valence-corrected chi connectivity index (χ2v) is 8.61. The van der Waals surface area contributed by atoms with Crippen LogP contribution in [0.25, 0.3) is 5.57 Å². The predicted molar refractivity (Wildman–Crippen MR) is 121 cm³/mol. The topological polar surface area (TPSA) is 76.8 Å². The lowest BCUT2D eigenvalue weighted by atomic mass is 10.2. The van der Waals surface area contributed by atoms with Gasteiger partial charge in [0.05, 0.1) is 40.4 Å². The molecule has 4 rings (SSSR count). The first-order valence-electron chi connectivity index (χ1n) is 9.69. The lowest BCUT2D eigenvalue weighted by Gasteiger charge is -2.15. The summed E-state index contributed by atoms with van der Waals surface area (Å²) in [6.45, 7) is 2.26. The summed E-state index contributed by atoms with van der Waals surface area (Å²) in [5.74, 6) is -0.0371. The third-order valence-electron chi connectivity index (χ3n) is 4.55. The Balaban J connectivity index is 1.61. The van der Waals surface area contributed by atoms with E-state index in [1.54, 1.807) is 36.6 Å². The highest BCUT2D eigenvalue weighted by molar-refractivity contribution is 8.03. The molecule has 158 valence electrons. The van der Waals surface area contributed by atoms with Crippen molar-refractivity contribution < 1.29 is 23.5 Å². The van der Waals surface area contributed by atoms with Gasteiger partial charge >= 0.3 is 5.97 Å². The molecule has 0 N–H and O–H groups in total. The molecular formula is C23H19NO5S2. The van der Waals surface area contributed by atoms with Crippen LogP contribution in [0.1, 0.15) is 34.3 Å². The van der Waals surface area contributed by atoms with E-state index in [0.29, 0.717) is 34.1 Å². The van der Waals surface area contributed by atoms with Crippen molar-refractivity contribution in [1.82, 2.24) is 0 Å². The van der Waals surface area contributed by atoms with Gasteiger partial charge in [0.2, 0.25) is 0 Å². The minimum absolute atomic E-state index is 0.341. The van der Waals surface area contributed by atoms with Gasteiger partial charge in [0.25, 0.3) is 11.8 Å². The highest BCUT2D eigenvalue weighted by Gasteiger charge is 2.40. The molecule has 2 aromatic heterocycles. The summed E-state index contributed by atoms with van der Waals surface area (Å²) in [7, 11) is 0. The molecule has 8 heteroatoms. The van der Waals surface area contributed by atoms with Gasteiger partial charge in [0.1, 0.15) is 5.76 Å². The zero-order valence-corrected chi connectivity index (χ0v) is 18.3. The number of hydrogen-bond donors (Lipinski definition) is 0. The summed E-state index contributed by atoms with van der Waals surface area (Å²) in [5, 5.41) is 1.87. The first-order chi connectivity index (χ1) is 15.1. The number of carbonyl (C=O) groups excluding carboxylic acids is 3. The van der Waals surface area contributed by atoms with Crippen LogP contribution in [0.15, 0.2) is 69.5 Å². The van der Waals surface area contributed by atoms with Crippen LogP contribution in [0.3, 0.4) is 0 Å². The molecule has 0 atom stereocenters. The summed E-state index contributed by atoms with van der Waals surface area (Å²) < 4.78 is 10.5. The first-order valence-corrected chi connectivity index (χ1v) is 11.6. The van der Waals surface area contributed by atoms with E-state index in [1.165, 1.54) is 23.1 Å². The van der Waals surface area contributed by atoms with Crippen LogP contribution in [0.4, 0.5) is 5.69 Å². The van der Waals surface area contributed by atoms with E-state index in [9.17, 15) is 14.4 Å². The highest BCUT2D eigenvalue weighted by Crippen LogP contribution is 2.40. The average Bonchev–Trinajstić information content (AvgIpc) is 3.53. The molecule has 0 fully saturated rings. The monoisotopic (exact) mass is 453 g/mol. The van der Waals surface area contributed by atoms with Gasteiger partial charge in [0.15, 0.2) is 0 Å².